The number of amides is 1. The summed E-state index contributed by atoms with van der Waals surface area (Å²) in [5, 5.41) is 0. The van der Waals surface area contributed by atoms with E-state index in [9.17, 15) is 9.59 Å². The van der Waals surface area contributed by atoms with E-state index >= 15 is 0 Å². The number of nitrogens with zero attached hydrogens (tertiary/aromatic N) is 3. The van der Waals surface area contributed by atoms with E-state index < -0.39 is 11.6 Å². The number of esters is 1. The van der Waals surface area contributed by atoms with E-state index in [4.69, 9.17) is 14.2 Å². The standard InChI is InChI=1S/C19H25N3O5/c1-5-25-17(23)14-7-6-8-16-20-13(11-22(14)16)15-12-21(9-10-26-15)18(24)27-19(2,3)4/h6-8,11,15H,5,9-10,12H2,1-4H3. The molecule has 0 radical (unpaired) electrons. The highest BCUT2D eigenvalue weighted by Crippen LogP contribution is 2.24. The second-order valence-electron chi connectivity index (χ2n) is 7.31. The van der Waals surface area contributed by atoms with Gasteiger partial charge in [-0.1, -0.05) is 6.07 Å². The summed E-state index contributed by atoms with van der Waals surface area (Å²) >= 11 is 0. The van der Waals surface area contributed by atoms with Gasteiger partial charge in [-0.05, 0) is 39.8 Å². The molecule has 1 aliphatic heterocycles. The van der Waals surface area contributed by atoms with Crippen molar-refractivity contribution in [1.29, 1.82) is 0 Å². The third-order valence-corrected chi connectivity index (χ3v) is 4.04. The van der Waals surface area contributed by atoms with E-state index in [0.717, 1.165) is 0 Å². The SMILES string of the molecule is CCOC(=O)c1cccc2nc(C3CN(C(=O)OC(C)(C)C)CCO3)cn12. The highest BCUT2D eigenvalue weighted by molar-refractivity contribution is 5.88. The summed E-state index contributed by atoms with van der Waals surface area (Å²) in [5.74, 6) is -0.410. The second-order valence-corrected chi connectivity index (χ2v) is 7.31. The normalized spacial score (nSPS) is 17.8. The van der Waals surface area contributed by atoms with Crippen molar-refractivity contribution in [2.75, 3.05) is 26.3 Å². The smallest absolute Gasteiger partial charge is 0.410 e. The van der Waals surface area contributed by atoms with Gasteiger partial charge >= 0.3 is 12.1 Å². The number of hydrogen-bond acceptors (Lipinski definition) is 6. The van der Waals surface area contributed by atoms with Gasteiger partial charge in [0.15, 0.2) is 0 Å². The molecule has 1 unspecified atom stereocenters. The van der Waals surface area contributed by atoms with Crippen molar-refractivity contribution >= 4 is 17.7 Å². The van der Waals surface area contributed by atoms with Crippen molar-refractivity contribution in [3.8, 4) is 0 Å². The molecule has 1 saturated heterocycles. The number of hydrogen-bond donors (Lipinski definition) is 0. The van der Waals surface area contributed by atoms with Crippen LogP contribution < -0.4 is 0 Å². The zero-order chi connectivity index (χ0) is 19.6. The summed E-state index contributed by atoms with van der Waals surface area (Å²) in [6, 6.07) is 5.25. The van der Waals surface area contributed by atoms with Gasteiger partial charge < -0.3 is 19.1 Å². The van der Waals surface area contributed by atoms with Crippen molar-refractivity contribution < 1.29 is 23.8 Å². The maximum Gasteiger partial charge on any atom is 0.410 e. The fraction of sp³-hybridized carbons (Fsp3) is 0.526. The van der Waals surface area contributed by atoms with Gasteiger partial charge in [0.25, 0.3) is 0 Å². The molecule has 3 rings (SSSR count). The van der Waals surface area contributed by atoms with Crippen molar-refractivity contribution in [3.63, 3.8) is 0 Å². The topological polar surface area (TPSA) is 82.4 Å². The summed E-state index contributed by atoms with van der Waals surface area (Å²) < 4.78 is 18.0. The molecule has 146 valence electrons. The van der Waals surface area contributed by atoms with E-state index in [1.807, 2.05) is 20.8 Å². The molecule has 0 bridgehead atoms. The van der Waals surface area contributed by atoms with Gasteiger partial charge in [0, 0.05) is 12.7 Å². The highest BCUT2D eigenvalue weighted by atomic mass is 16.6. The van der Waals surface area contributed by atoms with Gasteiger partial charge in [0.05, 0.1) is 25.5 Å². The number of morpholine rings is 1. The Morgan fingerprint density at radius 2 is 2.11 bits per heavy atom. The Morgan fingerprint density at radius 3 is 2.81 bits per heavy atom. The molecule has 3 heterocycles. The first kappa shape index (κ1) is 19.2. The molecule has 1 amide bonds. The highest BCUT2D eigenvalue weighted by Gasteiger charge is 2.30. The van der Waals surface area contributed by atoms with Crippen LogP contribution in [0.4, 0.5) is 4.79 Å². The molecule has 0 aliphatic carbocycles. The number of carbonyl (C=O) groups excluding carboxylic acids is 2. The van der Waals surface area contributed by atoms with Crippen LogP contribution in [0.2, 0.25) is 0 Å². The van der Waals surface area contributed by atoms with Crippen molar-refractivity contribution in [1.82, 2.24) is 14.3 Å². The van der Waals surface area contributed by atoms with Crippen LogP contribution >= 0.6 is 0 Å². The third-order valence-electron chi connectivity index (χ3n) is 4.04. The monoisotopic (exact) mass is 375 g/mol. The Kier molecular flexibility index (Phi) is 5.36. The number of imidazole rings is 1. The van der Waals surface area contributed by atoms with Crippen LogP contribution in [-0.2, 0) is 14.2 Å². The summed E-state index contributed by atoms with van der Waals surface area (Å²) in [4.78, 5) is 30.7. The minimum absolute atomic E-state index is 0.299. The molecule has 8 nitrogen and oxygen atoms in total. The van der Waals surface area contributed by atoms with Crippen LogP contribution in [0.15, 0.2) is 24.4 Å². The minimum Gasteiger partial charge on any atom is -0.461 e. The fourth-order valence-corrected chi connectivity index (χ4v) is 2.88. The largest absolute Gasteiger partial charge is 0.461 e. The molecule has 1 fully saturated rings. The van der Waals surface area contributed by atoms with Crippen LogP contribution in [0.5, 0.6) is 0 Å². The first-order chi connectivity index (χ1) is 12.8. The number of ether oxygens (including phenoxy) is 3. The van der Waals surface area contributed by atoms with Gasteiger partial charge in [-0.2, -0.15) is 0 Å². The Labute approximate surface area is 158 Å². The predicted molar refractivity (Wildman–Crippen MR) is 97.6 cm³/mol. The summed E-state index contributed by atoms with van der Waals surface area (Å²) in [6.07, 6.45) is 0.998. The molecule has 0 saturated carbocycles. The fourth-order valence-electron chi connectivity index (χ4n) is 2.88. The summed E-state index contributed by atoms with van der Waals surface area (Å²) in [5.41, 5.74) is 1.11. The lowest BCUT2D eigenvalue weighted by Gasteiger charge is -2.33. The lowest BCUT2D eigenvalue weighted by molar-refractivity contribution is -0.0445. The molecule has 27 heavy (non-hydrogen) atoms. The van der Waals surface area contributed by atoms with E-state index in [2.05, 4.69) is 4.98 Å². The van der Waals surface area contributed by atoms with Crippen molar-refractivity contribution in [2.45, 2.75) is 39.4 Å². The maximum absolute atomic E-state index is 12.3. The van der Waals surface area contributed by atoms with E-state index in [-0.39, 0.29) is 12.2 Å². The predicted octanol–water partition coefficient (Wildman–Crippen LogP) is 2.82. The van der Waals surface area contributed by atoms with Gasteiger partial charge in [0.2, 0.25) is 0 Å². The van der Waals surface area contributed by atoms with Gasteiger partial charge in [-0.25, -0.2) is 14.6 Å². The zero-order valence-electron chi connectivity index (χ0n) is 16.1. The van der Waals surface area contributed by atoms with Crippen molar-refractivity contribution in [2.24, 2.45) is 0 Å². The van der Waals surface area contributed by atoms with Crippen LogP contribution in [0, 0.1) is 0 Å². The molecule has 0 spiro atoms. The van der Waals surface area contributed by atoms with Gasteiger partial charge in [-0.3, -0.25) is 4.40 Å². The summed E-state index contributed by atoms with van der Waals surface area (Å²) in [6.45, 7) is 8.76. The molecule has 2 aromatic heterocycles. The first-order valence-corrected chi connectivity index (χ1v) is 9.03. The number of fused-ring (bicyclic) bond motifs is 1. The minimum atomic E-state index is -0.553. The molecule has 0 N–H and O–H groups in total. The molecular formula is C19H25N3O5. The van der Waals surface area contributed by atoms with Gasteiger partial charge in [-0.15, -0.1) is 0 Å². The Bertz CT molecular complexity index is 839. The lowest BCUT2D eigenvalue weighted by atomic mass is 10.2. The lowest BCUT2D eigenvalue weighted by Crippen LogP contribution is -2.44. The molecule has 1 aliphatic rings. The Balaban J connectivity index is 1.81. The molecule has 1 atom stereocenters. The number of aromatic nitrogens is 2. The van der Waals surface area contributed by atoms with E-state index in [0.29, 0.717) is 43.3 Å². The third kappa shape index (κ3) is 4.39. The number of pyridine rings is 1. The average Bonchev–Trinajstić information content (AvgIpc) is 3.05. The number of rotatable bonds is 3. The van der Waals surface area contributed by atoms with E-state index in [1.54, 1.807) is 40.6 Å². The second kappa shape index (κ2) is 7.56. The quantitative estimate of drug-likeness (QED) is 0.767. The van der Waals surface area contributed by atoms with Crippen LogP contribution in [0.3, 0.4) is 0 Å². The average molecular weight is 375 g/mol. The Morgan fingerprint density at radius 1 is 1.33 bits per heavy atom. The van der Waals surface area contributed by atoms with E-state index in [1.165, 1.54) is 0 Å². The van der Waals surface area contributed by atoms with Crippen molar-refractivity contribution in [3.05, 3.63) is 35.8 Å². The summed E-state index contributed by atoms with van der Waals surface area (Å²) in [7, 11) is 0. The molecular weight excluding hydrogens is 350 g/mol. The van der Waals surface area contributed by atoms with Crippen LogP contribution in [-0.4, -0.2) is 58.3 Å². The molecule has 8 heteroatoms. The molecule has 0 aromatic carbocycles. The number of carbonyl (C=O) groups is 2. The maximum atomic E-state index is 12.3. The zero-order valence-corrected chi connectivity index (χ0v) is 16.1. The van der Waals surface area contributed by atoms with Crippen LogP contribution in [0.25, 0.3) is 5.65 Å². The Hall–Kier alpha value is -2.61. The van der Waals surface area contributed by atoms with Gasteiger partial charge in [0.1, 0.15) is 23.0 Å². The molecule has 2 aromatic rings. The van der Waals surface area contributed by atoms with Crippen LogP contribution in [0.1, 0.15) is 50.0 Å². The first-order valence-electron chi connectivity index (χ1n) is 9.03.